The number of carbonyl (C=O) groups excluding carboxylic acids is 1. The van der Waals surface area contributed by atoms with Crippen LogP contribution in [-0.4, -0.2) is 26.5 Å². The Balaban J connectivity index is 2.25. The topological polar surface area (TPSA) is 107 Å². The summed E-state index contributed by atoms with van der Waals surface area (Å²) >= 11 is 0. The minimum atomic E-state index is -0.637. The van der Waals surface area contributed by atoms with Gasteiger partial charge in [0.15, 0.2) is 0 Å². The largest absolute Gasteiger partial charge is 0.318 e. The van der Waals surface area contributed by atoms with Crippen molar-refractivity contribution in [3.8, 4) is 6.07 Å². The molecule has 0 aliphatic rings. The normalized spacial score (nSPS) is 9.65. The lowest BCUT2D eigenvalue weighted by molar-refractivity contribution is 0.101. The number of benzene rings is 1. The molecule has 0 aliphatic heterocycles. The van der Waals surface area contributed by atoms with Crippen molar-refractivity contribution in [3.63, 3.8) is 0 Å². The number of hydrogen-bond donors (Lipinski definition) is 2. The first kappa shape index (κ1) is 10.7. The van der Waals surface area contributed by atoms with Gasteiger partial charge in [0.05, 0.1) is 11.3 Å². The summed E-state index contributed by atoms with van der Waals surface area (Å²) in [6.07, 6.45) is 0. The molecule has 0 radical (unpaired) electrons. The maximum Gasteiger partial charge on any atom is 0.297 e. The average molecular weight is 232 g/mol. The lowest BCUT2D eigenvalue weighted by Gasteiger charge is -2.04. The number of nitriles is 1. The van der Waals surface area contributed by atoms with E-state index in [-0.39, 0.29) is 17.1 Å². The van der Waals surface area contributed by atoms with Gasteiger partial charge in [-0.15, -0.1) is 10.2 Å². The zero-order valence-electron chi connectivity index (χ0n) is 8.31. The number of rotatable bonds is 2. The monoisotopic (exact) mass is 232 g/mol. The van der Waals surface area contributed by atoms with Gasteiger partial charge in [0.25, 0.3) is 11.7 Å². The van der Waals surface area contributed by atoms with E-state index in [0.29, 0.717) is 0 Å². The lowest BCUT2D eigenvalue weighted by atomic mass is 10.2. The fourth-order valence-corrected chi connectivity index (χ4v) is 1.15. The van der Waals surface area contributed by atoms with Crippen molar-refractivity contribution in [1.82, 2.24) is 20.6 Å². The minimum Gasteiger partial charge on any atom is -0.318 e. The highest BCUT2D eigenvalue weighted by Gasteiger charge is 2.13. The van der Waals surface area contributed by atoms with Crippen LogP contribution >= 0.6 is 0 Å². The van der Waals surface area contributed by atoms with Gasteiger partial charge in [-0.25, -0.2) is 4.39 Å². The number of aromatic amines is 1. The SMILES string of the molecule is N#Cc1cc(F)ccc1NC(=O)c1nn[nH]n1. The van der Waals surface area contributed by atoms with Gasteiger partial charge in [0.2, 0.25) is 0 Å². The third-order valence-corrected chi connectivity index (χ3v) is 1.90. The Morgan fingerprint density at radius 1 is 1.53 bits per heavy atom. The van der Waals surface area contributed by atoms with Crippen LogP contribution in [0.2, 0.25) is 0 Å². The van der Waals surface area contributed by atoms with Crippen LogP contribution < -0.4 is 5.32 Å². The lowest BCUT2D eigenvalue weighted by Crippen LogP contribution is -2.14. The first-order valence-corrected chi connectivity index (χ1v) is 4.45. The van der Waals surface area contributed by atoms with Gasteiger partial charge in [-0.2, -0.15) is 10.5 Å². The molecule has 8 heteroatoms. The van der Waals surface area contributed by atoms with Crippen molar-refractivity contribution < 1.29 is 9.18 Å². The third kappa shape index (κ3) is 2.23. The molecule has 1 amide bonds. The predicted molar refractivity (Wildman–Crippen MR) is 53.2 cm³/mol. The molecule has 1 heterocycles. The summed E-state index contributed by atoms with van der Waals surface area (Å²) in [5.41, 5.74) is 0.200. The second kappa shape index (κ2) is 4.36. The van der Waals surface area contributed by atoms with E-state index in [1.807, 2.05) is 0 Å². The molecule has 7 nitrogen and oxygen atoms in total. The van der Waals surface area contributed by atoms with E-state index in [1.54, 1.807) is 6.07 Å². The quantitative estimate of drug-likeness (QED) is 0.782. The van der Waals surface area contributed by atoms with Gasteiger partial charge in [-0.3, -0.25) is 4.79 Å². The molecule has 0 unspecified atom stereocenters. The number of aromatic nitrogens is 4. The van der Waals surface area contributed by atoms with Gasteiger partial charge < -0.3 is 5.32 Å². The zero-order valence-corrected chi connectivity index (χ0v) is 8.31. The van der Waals surface area contributed by atoms with Crippen LogP contribution in [0.5, 0.6) is 0 Å². The minimum absolute atomic E-state index is 0.0156. The van der Waals surface area contributed by atoms with Gasteiger partial charge in [0.1, 0.15) is 11.9 Å². The number of amides is 1. The van der Waals surface area contributed by atoms with E-state index >= 15 is 0 Å². The summed E-state index contributed by atoms with van der Waals surface area (Å²) in [6, 6.07) is 5.20. The second-order valence-electron chi connectivity index (χ2n) is 2.99. The first-order chi connectivity index (χ1) is 8.20. The van der Waals surface area contributed by atoms with Crippen molar-refractivity contribution in [2.75, 3.05) is 5.32 Å². The molecule has 0 saturated carbocycles. The molecular formula is C9H5FN6O. The summed E-state index contributed by atoms with van der Waals surface area (Å²) in [4.78, 5) is 11.5. The molecular weight excluding hydrogens is 227 g/mol. The summed E-state index contributed by atoms with van der Waals surface area (Å²) in [6.45, 7) is 0. The number of halogens is 1. The Bertz CT molecular complexity index is 588. The highest BCUT2D eigenvalue weighted by molar-refractivity contribution is 6.02. The Labute approximate surface area is 94.3 Å². The number of H-pyrrole nitrogens is 1. The van der Waals surface area contributed by atoms with Crippen molar-refractivity contribution >= 4 is 11.6 Å². The molecule has 2 aromatic rings. The molecule has 0 fully saturated rings. The van der Waals surface area contributed by atoms with Gasteiger partial charge in [0, 0.05) is 0 Å². The number of nitrogens with one attached hydrogen (secondary N) is 2. The van der Waals surface area contributed by atoms with Crippen LogP contribution in [0.25, 0.3) is 0 Å². The summed E-state index contributed by atoms with van der Waals surface area (Å²) in [5.74, 6) is -1.36. The number of tetrazole rings is 1. The third-order valence-electron chi connectivity index (χ3n) is 1.90. The molecule has 84 valence electrons. The second-order valence-corrected chi connectivity index (χ2v) is 2.99. The molecule has 0 bridgehead atoms. The van der Waals surface area contributed by atoms with E-state index in [0.717, 1.165) is 12.1 Å². The zero-order chi connectivity index (χ0) is 12.3. The molecule has 0 atom stereocenters. The number of anilines is 1. The van der Waals surface area contributed by atoms with E-state index in [4.69, 9.17) is 5.26 Å². The Morgan fingerprint density at radius 3 is 3.00 bits per heavy atom. The number of nitrogens with zero attached hydrogens (tertiary/aromatic N) is 4. The molecule has 2 rings (SSSR count). The average Bonchev–Trinajstić information content (AvgIpc) is 2.85. The molecule has 0 saturated heterocycles. The van der Waals surface area contributed by atoms with Crippen molar-refractivity contribution in [2.45, 2.75) is 0 Å². The van der Waals surface area contributed by atoms with Gasteiger partial charge in [-0.05, 0) is 23.4 Å². The van der Waals surface area contributed by atoms with Gasteiger partial charge >= 0.3 is 0 Å². The fourth-order valence-electron chi connectivity index (χ4n) is 1.15. The van der Waals surface area contributed by atoms with E-state index < -0.39 is 11.7 Å². The molecule has 2 N–H and O–H groups in total. The maximum atomic E-state index is 12.8. The van der Waals surface area contributed by atoms with Crippen LogP contribution in [0.1, 0.15) is 16.2 Å². The molecule has 17 heavy (non-hydrogen) atoms. The molecule has 1 aromatic heterocycles. The van der Waals surface area contributed by atoms with Crippen LogP contribution in [0.4, 0.5) is 10.1 Å². The van der Waals surface area contributed by atoms with E-state index in [2.05, 4.69) is 25.9 Å². The van der Waals surface area contributed by atoms with Crippen molar-refractivity contribution in [1.29, 1.82) is 5.26 Å². The van der Waals surface area contributed by atoms with E-state index in [1.165, 1.54) is 6.07 Å². The predicted octanol–water partition coefficient (Wildman–Crippen LogP) is 0.463. The number of carbonyl (C=O) groups is 1. The Hall–Kier alpha value is -2.82. The first-order valence-electron chi connectivity index (χ1n) is 4.45. The summed E-state index contributed by atoms with van der Waals surface area (Å²) in [5, 5.41) is 23.4. The van der Waals surface area contributed by atoms with Crippen LogP contribution in [-0.2, 0) is 0 Å². The standard InChI is InChI=1S/C9H5FN6O/c10-6-1-2-7(5(3-6)4-11)12-9(17)8-13-15-16-14-8/h1-3H,(H,12,17)(H,13,14,15,16). The molecule has 0 aliphatic carbocycles. The Morgan fingerprint density at radius 2 is 2.35 bits per heavy atom. The van der Waals surface area contributed by atoms with Gasteiger partial charge in [-0.1, -0.05) is 0 Å². The summed E-state index contributed by atoms with van der Waals surface area (Å²) < 4.78 is 12.8. The van der Waals surface area contributed by atoms with Crippen molar-refractivity contribution in [2.24, 2.45) is 0 Å². The van der Waals surface area contributed by atoms with Crippen molar-refractivity contribution in [3.05, 3.63) is 35.4 Å². The van der Waals surface area contributed by atoms with E-state index in [9.17, 15) is 9.18 Å². The molecule has 0 spiro atoms. The smallest absolute Gasteiger partial charge is 0.297 e. The molecule has 1 aromatic carbocycles. The Kier molecular flexibility index (Phi) is 2.74. The fraction of sp³-hybridized carbons (Fsp3) is 0. The van der Waals surface area contributed by atoms with Crippen LogP contribution in [0, 0.1) is 17.1 Å². The van der Waals surface area contributed by atoms with Crippen LogP contribution in [0.3, 0.4) is 0 Å². The van der Waals surface area contributed by atoms with Crippen LogP contribution in [0.15, 0.2) is 18.2 Å². The summed E-state index contributed by atoms with van der Waals surface area (Å²) in [7, 11) is 0. The highest BCUT2D eigenvalue weighted by atomic mass is 19.1. The number of hydrogen-bond acceptors (Lipinski definition) is 5. The maximum absolute atomic E-state index is 12.8. The highest BCUT2D eigenvalue weighted by Crippen LogP contribution is 2.16.